The molecular weight excluding hydrogens is 916 g/mol. The van der Waals surface area contributed by atoms with Crippen molar-refractivity contribution < 1.29 is 51.1 Å². The van der Waals surface area contributed by atoms with E-state index in [0.717, 1.165) is 6.20 Å². The van der Waals surface area contributed by atoms with Crippen LogP contribution in [0.5, 0.6) is 0 Å². The molecule has 0 saturated carbocycles. The van der Waals surface area contributed by atoms with Crippen LogP contribution in [0, 0.1) is 17.5 Å². The van der Waals surface area contributed by atoms with Gasteiger partial charge >= 0.3 is 6.15 Å². The molecule has 0 aliphatic heterocycles. The molecule has 20 heteroatoms. The van der Waals surface area contributed by atoms with Gasteiger partial charge in [0.25, 0.3) is 28.8 Å². The highest BCUT2D eigenvalue weighted by Crippen LogP contribution is 2.36. The number of benzene rings is 5. The van der Waals surface area contributed by atoms with Crippen LogP contribution < -0.4 is 27.1 Å². The van der Waals surface area contributed by atoms with Crippen LogP contribution >= 0.6 is 0 Å². The smallest absolute Gasteiger partial charge is 0.373 e. The standard InChI is InChI=1S/C29H22F2N4O5.C20H14FN3O3.CO2/c1-32-29(39)26-21-12-20(10-11-24(21)40-27(26)17-4-8-19(31)9-5-17)35-14-22(33-13-25(35)37)28(38)34-23(15-36)16-2-6-18(30)7-3-16;1-22-20(26)18-15-10-14(24-9-8-23-11-17(24)25)6-7-16(15)27-19(18)12-2-4-13(21)5-3-12;2-1-3/h2-14,23,36H,15H2,1H3,(H,32,39)(H,34,38);2-11H,1H3,(H,22,26);/t23-;;/m1../s1. The molecular formula is C50H36F3N7O10. The highest BCUT2D eigenvalue weighted by atomic mass is 19.1. The Morgan fingerprint density at radius 3 is 1.57 bits per heavy atom. The van der Waals surface area contributed by atoms with Crippen LogP contribution in [-0.2, 0) is 9.59 Å². The third kappa shape index (κ3) is 10.4. The zero-order valence-electron chi connectivity index (χ0n) is 36.6. The van der Waals surface area contributed by atoms with Gasteiger partial charge in [-0.05, 0) is 103 Å². The van der Waals surface area contributed by atoms with E-state index in [2.05, 4.69) is 25.9 Å². The Kier molecular flexibility index (Phi) is 14.8. The largest absolute Gasteiger partial charge is 0.455 e. The average molecular weight is 952 g/mol. The first-order valence-corrected chi connectivity index (χ1v) is 20.7. The lowest BCUT2D eigenvalue weighted by Gasteiger charge is -2.17. The molecule has 9 aromatic rings. The van der Waals surface area contributed by atoms with Crippen molar-refractivity contribution in [2.24, 2.45) is 0 Å². The molecule has 0 fully saturated rings. The molecule has 0 aliphatic rings. The van der Waals surface area contributed by atoms with Gasteiger partial charge in [-0.2, -0.15) is 9.59 Å². The molecule has 4 N–H and O–H groups in total. The fourth-order valence-corrected chi connectivity index (χ4v) is 7.23. The Hall–Kier alpha value is -9.52. The van der Waals surface area contributed by atoms with E-state index in [1.807, 2.05) is 0 Å². The summed E-state index contributed by atoms with van der Waals surface area (Å²) in [6.45, 7) is -0.452. The molecule has 352 valence electrons. The van der Waals surface area contributed by atoms with Crippen LogP contribution in [0.1, 0.15) is 42.8 Å². The van der Waals surface area contributed by atoms with E-state index in [1.54, 1.807) is 54.7 Å². The van der Waals surface area contributed by atoms with E-state index >= 15 is 0 Å². The number of halogens is 3. The van der Waals surface area contributed by atoms with Crippen molar-refractivity contribution in [1.29, 1.82) is 0 Å². The van der Waals surface area contributed by atoms with Gasteiger partial charge in [-0.25, -0.2) is 18.2 Å². The molecule has 0 spiro atoms. The number of hydrogen-bond acceptors (Lipinski definition) is 12. The number of hydrogen-bond donors (Lipinski definition) is 4. The van der Waals surface area contributed by atoms with Crippen LogP contribution in [0.4, 0.5) is 13.2 Å². The Morgan fingerprint density at radius 1 is 0.657 bits per heavy atom. The van der Waals surface area contributed by atoms with Gasteiger partial charge in [0.05, 0.1) is 36.2 Å². The number of rotatable bonds is 10. The Bertz CT molecular complexity index is 3550. The van der Waals surface area contributed by atoms with Gasteiger partial charge in [0.1, 0.15) is 45.8 Å². The van der Waals surface area contributed by atoms with Gasteiger partial charge < -0.3 is 29.9 Å². The van der Waals surface area contributed by atoms with Crippen molar-refractivity contribution in [1.82, 2.24) is 35.1 Å². The number of aliphatic hydroxyl groups is 1. The predicted molar refractivity (Wildman–Crippen MR) is 245 cm³/mol. The van der Waals surface area contributed by atoms with E-state index in [4.69, 9.17) is 18.4 Å². The minimum Gasteiger partial charge on any atom is -0.455 e. The fraction of sp³-hybridized carbons (Fsp3) is 0.0800. The number of carbonyl (C=O) groups excluding carboxylic acids is 5. The number of nitrogens with one attached hydrogen (secondary N) is 3. The van der Waals surface area contributed by atoms with Gasteiger partial charge in [0, 0.05) is 66.0 Å². The number of carbonyl (C=O) groups is 3. The third-order valence-corrected chi connectivity index (χ3v) is 10.5. The maximum Gasteiger partial charge on any atom is 0.373 e. The second kappa shape index (κ2) is 21.4. The first-order chi connectivity index (χ1) is 33.8. The molecule has 4 heterocycles. The van der Waals surface area contributed by atoms with E-state index in [1.165, 1.54) is 102 Å². The lowest BCUT2D eigenvalue weighted by molar-refractivity contribution is -0.191. The molecule has 0 saturated heterocycles. The highest BCUT2D eigenvalue weighted by molar-refractivity contribution is 6.12. The predicted octanol–water partition coefficient (Wildman–Crippen LogP) is 6.31. The van der Waals surface area contributed by atoms with E-state index in [-0.39, 0.29) is 40.5 Å². The third-order valence-electron chi connectivity index (χ3n) is 10.5. The summed E-state index contributed by atoms with van der Waals surface area (Å²) in [5.74, 6) is -2.18. The fourth-order valence-electron chi connectivity index (χ4n) is 7.23. The van der Waals surface area contributed by atoms with E-state index < -0.39 is 41.7 Å². The molecule has 4 aromatic heterocycles. The lowest BCUT2D eigenvalue weighted by Crippen LogP contribution is -2.32. The Labute approximate surface area is 392 Å². The van der Waals surface area contributed by atoms with E-state index in [9.17, 15) is 42.3 Å². The molecule has 3 amide bonds. The van der Waals surface area contributed by atoms with Crippen molar-refractivity contribution in [2.45, 2.75) is 6.04 Å². The molecule has 17 nitrogen and oxygen atoms in total. The molecule has 5 aromatic carbocycles. The Morgan fingerprint density at radius 2 is 1.11 bits per heavy atom. The summed E-state index contributed by atoms with van der Waals surface area (Å²) >= 11 is 0. The summed E-state index contributed by atoms with van der Waals surface area (Å²) in [4.78, 5) is 87.1. The summed E-state index contributed by atoms with van der Waals surface area (Å²) in [5.41, 5.74) is 2.84. The topological polar surface area (TPSA) is 238 Å². The second-order valence-electron chi connectivity index (χ2n) is 14.8. The van der Waals surface area contributed by atoms with Crippen molar-refractivity contribution >= 4 is 45.8 Å². The van der Waals surface area contributed by atoms with Crippen LogP contribution in [0.15, 0.2) is 159 Å². The Balaban J connectivity index is 0.000000208. The van der Waals surface area contributed by atoms with Crippen LogP contribution in [-0.4, -0.2) is 68.8 Å². The van der Waals surface area contributed by atoms with Crippen molar-refractivity contribution in [3.05, 3.63) is 201 Å². The van der Waals surface area contributed by atoms with Gasteiger partial charge in [-0.15, -0.1) is 0 Å². The molecule has 0 unspecified atom stereocenters. The minimum atomic E-state index is -0.836. The van der Waals surface area contributed by atoms with Gasteiger partial charge in [0.15, 0.2) is 0 Å². The summed E-state index contributed by atoms with van der Waals surface area (Å²) in [5, 5.41) is 18.5. The normalized spacial score (nSPS) is 11.1. The molecule has 0 bridgehead atoms. The molecule has 70 heavy (non-hydrogen) atoms. The first-order valence-electron chi connectivity index (χ1n) is 20.7. The van der Waals surface area contributed by atoms with Gasteiger partial charge in [0.2, 0.25) is 0 Å². The van der Waals surface area contributed by atoms with Crippen LogP contribution in [0.3, 0.4) is 0 Å². The monoisotopic (exact) mass is 951 g/mol. The van der Waals surface area contributed by atoms with Crippen LogP contribution in [0.25, 0.3) is 56.0 Å². The number of fused-ring (bicyclic) bond motifs is 2. The number of amides is 3. The maximum absolute atomic E-state index is 13.5. The number of nitrogens with zero attached hydrogens (tertiary/aromatic N) is 4. The SMILES string of the molecule is CNC(=O)c1c(-c2ccc(F)cc2)oc2ccc(-n3cc(C(=O)N[C@H](CO)c4ccc(F)cc4)ncc3=O)cc12.CNC(=O)c1c(-c2ccc(F)cc2)oc2ccc(-n3ccncc3=O)cc12.O=C=O. The first kappa shape index (κ1) is 48.4. The van der Waals surface area contributed by atoms with Gasteiger partial charge in [-0.3, -0.25) is 38.1 Å². The summed E-state index contributed by atoms with van der Waals surface area (Å²) in [7, 11) is 2.98. The summed E-state index contributed by atoms with van der Waals surface area (Å²) < 4.78 is 54.5. The number of furan rings is 2. The number of aromatic nitrogens is 4. The molecule has 0 aliphatic carbocycles. The van der Waals surface area contributed by atoms with Crippen molar-refractivity contribution in [2.75, 3.05) is 20.7 Å². The molecule has 9 rings (SSSR count). The zero-order valence-corrected chi connectivity index (χ0v) is 36.6. The number of aliphatic hydroxyl groups excluding tert-OH is 1. The average Bonchev–Trinajstić information content (AvgIpc) is 3.95. The summed E-state index contributed by atoms with van der Waals surface area (Å²) in [6, 6.07) is 25.5. The van der Waals surface area contributed by atoms with Gasteiger partial charge in [-0.1, -0.05) is 12.1 Å². The minimum absolute atomic E-state index is 0.119. The zero-order chi connectivity index (χ0) is 50.1. The van der Waals surface area contributed by atoms with Crippen molar-refractivity contribution in [3.8, 4) is 34.0 Å². The second-order valence-corrected chi connectivity index (χ2v) is 14.8. The van der Waals surface area contributed by atoms with Crippen LogP contribution in [0.2, 0.25) is 0 Å². The maximum atomic E-state index is 13.5. The summed E-state index contributed by atoms with van der Waals surface area (Å²) in [6.07, 6.45) is 6.72. The quantitative estimate of drug-likeness (QED) is 0.118. The molecule has 1 atom stereocenters. The van der Waals surface area contributed by atoms with Crippen molar-refractivity contribution in [3.63, 3.8) is 0 Å². The highest BCUT2D eigenvalue weighted by Gasteiger charge is 2.24. The van der Waals surface area contributed by atoms with E-state index in [0.29, 0.717) is 61.3 Å². The lowest BCUT2D eigenvalue weighted by atomic mass is 10.0. The molecule has 0 radical (unpaired) electrons.